The van der Waals surface area contributed by atoms with Crippen molar-refractivity contribution >= 4 is 15.9 Å². The Morgan fingerprint density at radius 1 is 1.23 bits per heavy atom. The summed E-state index contributed by atoms with van der Waals surface area (Å²) in [5.41, 5.74) is 3.76. The summed E-state index contributed by atoms with van der Waals surface area (Å²) >= 11 is 3.49. The van der Waals surface area contributed by atoms with Crippen LogP contribution in [0.5, 0.6) is 0 Å². The highest BCUT2D eigenvalue weighted by Crippen LogP contribution is 2.22. The van der Waals surface area contributed by atoms with Crippen molar-refractivity contribution in [2.45, 2.75) is 26.7 Å². The van der Waals surface area contributed by atoms with Gasteiger partial charge in [-0.2, -0.15) is 0 Å². The zero-order valence-electron chi connectivity index (χ0n) is 8.03. The maximum absolute atomic E-state index is 12.0. The van der Waals surface area contributed by atoms with Crippen molar-refractivity contribution in [3.63, 3.8) is 0 Å². The van der Waals surface area contributed by atoms with E-state index in [0.717, 1.165) is 10.9 Å². The predicted molar refractivity (Wildman–Crippen MR) is 57.9 cm³/mol. The van der Waals surface area contributed by atoms with E-state index in [1.807, 2.05) is 0 Å². The lowest BCUT2D eigenvalue weighted by molar-refractivity contribution is 0.473. The molecule has 0 aromatic heterocycles. The van der Waals surface area contributed by atoms with Crippen molar-refractivity contribution in [2.24, 2.45) is 0 Å². The first-order valence-corrected chi connectivity index (χ1v) is 5.26. The first-order valence-electron chi connectivity index (χ1n) is 4.46. The van der Waals surface area contributed by atoms with E-state index in [1.165, 1.54) is 16.7 Å². The molecule has 0 fully saturated rings. The fourth-order valence-electron chi connectivity index (χ4n) is 1.29. The van der Waals surface area contributed by atoms with Gasteiger partial charge in [-0.1, -0.05) is 22.0 Å². The highest BCUT2D eigenvalue weighted by Gasteiger charge is 2.02. The minimum atomic E-state index is -0.237. The molecule has 0 aliphatic rings. The van der Waals surface area contributed by atoms with Crippen molar-refractivity contribution < 1.29 is 4.39 Å². The molecule has 0 aliphatic carbocycles. The molecule has 0 atom stereocenters. The van der Waals surface area contributed by atoms with Gasteiger partial charge in [0.2, 0.25) is 0 Å². The van der Waals surface area contributed by atoms with Gasteiger partial charge in [-0.05, 0) is 49.4 Å². The average Bonchev–Trinajstić information content (AvgIpc) is 2.09. The molecule has 0 nitrogen and oxygen atoms in total. The van der Waals surface area contributed by atoms with Crippen molar-refractivity contribution in [3.8, 4) is 0 Å². The van der Waals surface area contributed by atoms with E-state index >= 15 is 0 Å². The van der Waals surface area contributed by atoms with Gasteiger partial charge in [-0.15, -0.1) is 0 Å². The van der Waals surface area contributed by atoms with Crippen LogP contribution in [0, 0.1) is 13.8 Å². The predicted octanol–water partition coefficient (Wildman–Crippen LogP) is 3.97. The molecule has 1 rings (SSSR count). The second-order valence-corrected chi connectivity index (χ2v) is 4.17. The van der Waals surface area contributed by atoms with E-state index in [0.29, 0.717) is 6.42 Å². The normalized spacial score (nSPS) is 10.5. The van der Waals surface area contributed by atoms with Gasteiger partial charge in [0.1, 0.15) is 0 Å². The molecule has 0 N–H and O–H groups in total. The van der Waals surface area contributed by atoms with Gasteiger partial charge in [0.05, 0.1) is 6.67 Å². The largest absolute Gasteiger partial charge is 0.251 e. The SMILES string of the molecule is Cc1cc(Br)c(CCCF)cc1C. The first kappa shape index (κ1) is 10.7. The summed E-state index contributed by atoms with van der Waals surface area (Å²) < 4.78 is 13.1. The Kier molecular flexibility index (Phi) is 3.91. The third-order valence-electron chi connectivity index (χ3n) is 2.24. The van der Waals surface area contributed by atoms with Crippen LogP contribution in [0.1, 0.15) is 23.1 Å². The molecule has 0 heterocycles. The lowest BCUT2D eigenvalue weighted by atomic mass is 10.0. The lowest BCUT2D eigenvalue weighted by Gasteiger charge is -2.07. The number of benzene rings is 1. The van der Waals surface area contributed by atoms with E-state index in [1.54, 1.807) is 0 Å². The minimum absolute atomic E-state index is 0.237. The fourth-order valence-corrected chi connectivity index (χ4v) is 1.95. The Hall–Kier alpha value is -0.370. The molecule has 0 saturated carbocycles. The van der Waals surface area contributed by atoms with Gasteiger partial charge in [0.25, 0.3) is 0 Å². The van der Waals surface area contributed by atoms with Crippen LogP contribution in [0.3, 0.4) is 0 Å². The maximum Gasteiger partial charge on any atom is 0.0897 e. The standard InChI is InChI=1S/C11H14BrF/c1-8-6-10(4-3-5-13)11(12)7-9(8)2/h6-7H,3-5H2,1-2H3. The van der Waals surface area contributed by atoms with Gasteiger partial charge in [-0.25, -0.2) is 0 Å². The van der Waals surface area contributed by atoms with Crippen LogP contribution < -0.4 is 0 Å². The third kappa shape index (κ3) is 2.80. The molecule has 0 bridgehead atoms. The topological polar surface area (TPSA) is 0 Å². The van der Waals surface area contributed by atoms with Gasteiger partial charge < -0.3 is 0 Å². The smallest absolute Gasteiger partial charge is 0.0897 e. The third-order valence-corrected chi connectivity index (χ3v) is 2.98. The van der Waals surface area contributed by atoms with E-state index in [-0.39, 0.29) is 6.67 Å². The number of hydrogen-bond acceptors (Lipinski definition) is 0. The number of aryl methyl sites for hydroxylation is 3. The summed E-state index contributed by atoms with van der Waals surface area (Å²) in [7, 11) is 0. The molecule has 1 aromatic rings. The Morgan fingerprint density at radius 3 is 2.46 bits per heavy atom. The molecule has 0 spiro atoms. The summed E-state index contributed by atoms with van der Waals surface area (Å²) in [6.45, 7) is 3.93. The lowest BCUT2D eigenvalue weighted by Crippen LogP contribution is -1.91. The van der Waals surface area contributed by atoms with Crippen molar-refractivity contribution in [2.75, 3.05) is 6.67 Å². The fraction of sp³-hybridized carbons (Fsp3) is 0.455. The van der Waals surface area contributed by atoms with E-state index in [2.05, 4.69) is 41.9 Å². The second kappa shape index (κ2) is 4.75. The van der Waals surface area contributed by atoms with Crippen LogP contribution in [0.4, 0.5) is 4.39 Å². The second-order valence-electron chi connectivity index (χ2n) is 3.32. The first-order chi connectivity index (χ1) is 6.15. The van der Waals surface area contributed by atoms with Gasteiger partial charge in [-0.3, -0.25) is 4.39 Å². The summed E-state index contributed by atoms with van der Waals surface area (Å²) in [6, 6.07) is 4.23. The number of halogens is 2. The van der Waals surface area contributed by atoms with Crippen molar-refractivity contribution in [1.29, 1.82) is 0 Å². The molecule has 0 amide bonds. The molecule has 0 saturated heterocycles. The van der Waals surface area contributed by atoms with Crippen LogP contribution >= 0.6 is 15.9 Å². The molecule has 0 radical (unpaired) electrons. The molecule has 2 heteroatoms. The zero-order valence-corrected chi connectivity index (χ0v) is 9.62. The van der Waals surface area contributed by atoms with E-state index < -0.39 is 0 Å². The monoisotopic (exact) mass is 244 g/mol. The molecule has 1 aromatic carbocycles. The number of rotatable bonds is 3. The summed E-state index contributed by atoms with van der Waals surface area (Å²) in [6.07, 6.45) is 1.43. The Bertz CT molecular complexity index is 294. The maximum atomic E-state index is 12.0. The highest BCUT2D eigenvalue weighted by molar-refractivity contribution is 9.10. The van der Waals surface area contributed by atoms with Crippen LogP contribution in [0.15, 0.2) is 16.6 Å². The van der Waals surface area contributed by atoms with Crippen LogP contribution in [-0.2, 0) is 6.42 Å². The minimum Gasteiger partial charge on any atom is -0.251 e. The quantitative estimate of drug-likeness (QED) is 0.755. The highest BCUT2D eigenvalue weighted by atomic mass is 79.9. The summed E-state index contributed by atoms with van der Waals surface area (Å²) in [5, 5.41) is 0. The molecular weight excluding hydrogens is 231 g/mol. The van der Waals surface area contributed by atoms with Gasteiger partial charge in [0.15, 0.2) is 0 Å². The zero-order chi connectivity index (χ0) is 9.84. The molecule has 0 aliphatic heterocycles. The van der Waals surface area contributed by atoms with Crippen LogP contribution in [0.25, 0.3) is 0 Å². The number of hydrogen-bond donors (Lipinski definition) is 0. The van der Waals surface area contributed by atoms with Crippen LogP contribution in [0.2, 0.25) is 0 Å². The number of alkyl halides is 1. The molecular formula is C11H14BrF. The van der Waals surface area contributed by atoms with E-state index in [9.17, 15) is 4.39 Å². The van der Waals surface area contributed by atoms with Gasteiger partial charge in [0, 0.05) is 4.47 Å². The van der Waals surface area contributed by atoms with Crippen molar-refractivity contribution in [1.82, 2.24) is 0 Å². The Labute approximate surface area is 87.3 Å². The Balaban J connectivity index is 2.88. The Morgan fingerprint density at radius 2 is 1.85 bits per heavy atom. The molecule has 0 unspecified atom stereocenters. The molecule has 72 valence electrons. The van der Waals surface area contributed by atoms with Crippen molar-refractivity contribution in [3.05, 3.63) is 33.3 Å². The summed E-state index contributed by atoms with van der Waals surface area (Å²) in [4.78, 5) is 0. The van der Waals surface area contributed by atoms with E-state index in [4.69, 9.17) is 0 Å². The molecule has 13 heavy (non-hydrogen) atoms. The van der Waals surface area contributed by atoms with Crippen LogP contribution in [-0.4, -0.2) is 6.67 Å². The summed E-state index contributed by atoms with van der Waals surface area (Å²) in [5.74, 6) is 0. The average molecular weight is 245 g/mol. The van der Waals surface area contributed by atoms with Gasteiger partial charge >= 0.3 is 0 Å².